The number of nitrogens with two attached hydrogens (primary N) is 2. The van der Waals surface area contributed by atoms with Gasteiger partial charge >= 0.3 is 5.69 Å². The van der Waals surface area contributed by atoms with Gasteiger partial charge in [-0.05, 0) is 37.5 Å². The number of hydrogen-bond donors (Lipinski definition) is 2. The minimum Gasteiger partial charge on any atom is -0.383 e. The Morgan fingerprint density at radius 2 is 2.00 bits per heavy atom. The number of anilines is 1. The number of nitrogen functional groups attached to an aromatic ring is 1. The molecular weight excluding hydrogens is 365 g/mol. The van der Waals surface area contributed by atoms with Crippen LogP contribution in [0.3, 0.4) is 0 Å². The summed E-state index contributed by atoms with van der Waals surface area (Å²) in [5.74, 6) is 5.37. The number of aryl methyl sites for hydroxylation is 1. The van der Waals surface area contributed by atoms with Crippen LogP contribution in [0.15, 0.2) is 21.7 Å². The van der Waals surface area contributed by atoms with Gasteiger partial charge in [-0.1, -0.05) is 0 Å². The SMILES string of the molecule is COC[C@@H](N)[C@H]1CN(c2ccc3c(=O)n(N)c(=O)n(C4CC4)c3c2C)C[C@@H]1F. The molecule has 0 amide bonds. The molecule has 1 saturated carbocycles. The maximum atomic E-state index is 14.6. The Labute approximate surface area is 161 Å². The summed E-state index contributed by atoms with van der Waals surface area (Å²) in [5.41, 5.74) is 7.24. The summed E-state index contributed by atoms with van der Waals surface area (Å²) < 4.78 is 22.0. The molecule has 8 nitrogen and oxygen atoms in total. The van der Waals surface area contributed by atoms with Crippen molar-refractivity contribution in [2.75, 3.05) is 37.5 Å². The van der Waals surface area contributed by atoms with Gasteiger partial charge in [0.1, 0.15) is 6.17 Å². The van der Waals surface area contributed by atoms with Crippen LogP contribution in [0.1, 0.15) is 24.4 Å². The highest BCUT2D eigenvalue weighted by Gasteiger charge is 2.38. The quantitative estimate of drug-likeness (QED) is 0.708. The fourth-order valence-electron chi connectivity index (χ4n) is 4.32. The lowest BCUT2D eigenvalue weighted by molar-refractivity contribution is 0.138. The van der Waals surface area contributed by atoms with E-state index in [2.05, 4.69) is 0 Å². The Morgan fingerprint density at radius 3 is 2.64 bits per heavy atom. The zero-order valence-electron chi connectivity index (χ0n) is 16.1. The van der Waals surface area contributed by atoms with Crippen LogP contribution >= 0.6 is 0 Å². The molecule has 1 aromatic heterocycles. The van der Waals surface area contributed by atoms with E-state index in [-0.39, 0.29) is 24.5 Å². The monoisotopic (exact) mass is 391 g/mol. The third-order valence-electron chi connectivity index (χ3n) is 5.96. The normalized spacial score (nSPS) is 23.5. The number of alkyl halides is 1. The molecule has 3 atom stereocenters. The molecule has 2 fully saturated rings. The lowest BCUT2D eigenvalue weighted by Gasteiger charge is -2.24. The summed E-state index contributed by atoms with van der Waals surface area (Å²) >= 11 is 0. The summed E-state index contributed by atoms with van der Waals surface area (Å²) in [5, 5.41) is 0.402. The van der Waals surface area contributed by atoms with Crippen molar-refractivity contribution in [3.05, 3.63) is 38.5 Å². The van der Waals surface area contributed by atoms with Gasteiger partial charge in [0.05, 0.1) is 17.5 Å². The van der Waals surface area contributed by atoms with Gasteiger partial charge < -0.3 is 21.2 Å². The van der Waals surface area contributed by atoms with E-state index in [9.17, 15) is 14.0 Å². The van der Waals surface area contributed by atoms with Crippen LogP contribution in [-0.4, -0.2) is 48.3 Å². The average molecular weight is 391 g/mol. The molecular formula is C19H26FN5O3. The third kappa shape index (κ3) is 2.89. The first-order valence-corrected chi connectivity index (χ1v) is 9.54. The molecule has 0 spiro atoms. The van der Waals surface area contributed by atoms with Crippen LogP contribution in [0, 0.1) is 12.8 Å². The van der Waals surface area contributed by atoms with Crippen molar-refractivity contribution in [1.82, 2.24) is 9.24 Å². The van der Waals surface area contributed by atoms with Crippen LogP contribution in [0.25, 0.3) is 10.9 Å². The van der Waals surface area contributed by atoms with E-state index in [1.54, 1.807) is 23.8 Å². The molecule has 4 N–H and O–H groups in total. The van der Waals surface area contributed by atoms with Gasteiger partial charge in [-0.15, -0.1) is 0 Å². The van der Waals surface area contributed by atoms with Crippen LogP contribution in [0.4, 0.5) is 10.1 Å². The van der Waals surface area contributed by atoms with E-state index in [1.165, 1.54) is 0 Å². The summed E-state index contributed by atoms with van der Waals surface area (Å²) in [6.45, 7) is 2.84. The highest BCUT2D eigenvalue weighted by Crippen LogP contribution is 2.38. The maximum Gasteiger partial charge on any atom is 0.350 e. The maximum absolute atomic E-state index is 14.6. The molecule has 0 bridgehead atoms. The lowest BCUT2D eigenvalue weighted by atomic mass is 9.99. The molecule has 0 radical (unpaired) electrons. The van der Waals surface area contributed by atoms with E-state index < -0.39 is 17.4 Å². The van der Waals surface area contributed by atoms with Gasteiger partial charge in [-0.2, -0.15) is 4.68 Å². The standard InChI is InChI=1S/C19H26FN5O3/c1-10-16(23-7-13(14(20)8-23)15(21)9-28-2)6-5-12-17(10)24(11-3-4-11)19(27)25(22)18(12)26/h5-6,11,13-15H,3-4,7-9,21-22H2,1-2H3/t13-,14-,15+/m0/s1. The van der Waals surface area contributed by atoms with Crippen molar-refractivity contribution < 1.29 is 9.13 Å². The van der Waals surface area contributed by atoms with Crippen molar-refractivity contribution in [2.24, 2.45) is 11.7 Å². The molecule has 2 heterocycles. The predicted octanol–water partition coefficient (Wildman–Crippen LogP) is 0.268. The number of rotatable bonds is 5. The van der Waals surface area contributed by atoms with Crippen molar-refractivity contribution in [3.63, 3.8) is 0 Å². The van der Waals surface area contributed by atoms with E-state index in [0.29, 0.717) is 28.7 Å². The summed E-state index contributed by atoms with van der Waals surface area (Å²) in [7, 11) is 1.55. The Balaban J connectivity index is 1.81. The first-order chi connectivity index (χ1) is 13.3. The highest BCUT2D eigenvalue weighted by molar-refractivity contribution is 5.87. The summed E-state index contributed by atoms with van der Waals surface area (Å²) in [4.78, 5) is 27.1. The zero-order chi connectivity index (χ0) is 20.2. The van der Waals surface area contributed by atoms with Crippen LogP contribution in [-0.2, 0) is 4.74 Å². The number of ether oxygens (including phenoxy) is 1. The van der Waals surface area contributed by atoms with Crippen molar-refractivity contribution in [1.29, 1.82) is 0 Å². The number of halogens is 1. The van der Waals surface area contributed by atoms with E-state index in [0.717, 1.165) is 24.1 Å². The van der Waals surface area contributed by atoms with Crippen molar-refractivity contribution in [2.45, 2.75) is 38.0 Å². The minimum absolute atomic E-state index is 0.0507. The van der Waals surface area contributed by atoms with Crippen LogP contribution in [0.5, 0.6) is 0 Å². The predicted molar refractivity (Wildman–Crippen MR) is 106 cm³/mol. The fraction of sp³-hybridized carbons (Fsp3) is 0.579. The van der Waals surface area contributed by atoms with Gasteiger partial charge in [0, 0.05) is 43.9 Å². The zero-order valence-corrected chi connectivity index (χ0v) is 16.1. The van der Waals surface area contributed by atoms with E-state index in [1.807, 2.05) is 11.8 Å². The second-order valence-corrected chi connectivity index (χ2v) is 7.87. The topological polar surface area (TPSA) is 109 Å². The largest absolute Gasteiger partial charge is 0.383 e. The molecule has 1 aliphatic heterocycles. The molecule has 28 heavy (non-hydrogen) atoms. The third-order valence-corrected chi connectivity index (χ3v) is 5.96. The Kier molecular flexibility index (Phi) is 4.67. The number of fused-ring (bicyclic) bond motifs is 1. The van der Waals surface area contributed by atoms with Gasteiger partial charge in [0.2, 0.25) is 0 Å². The lowest BCUT2D eigenvalue weighted by Crippen LogP contribution is -2.44. The van der Waals surface area contributed by atoms with E-state index in [4.69, 9.17) is 16.3 Å². The Hall–Kier alpha value is -2.39. The van der Waals surface area contributed by atoms with Crippen molar-refractivity contribution >= 4 is 16.6 Å². The fourth-order valence-corrected chi connectivity index (χ4v) is 4.32. The molecule has 1 aliphatic carbocycles. The molecule has 152 valence electrons. The first-order valence-electron chi connectivity index (χ1n) is 9.54. The van der Waals surface area contributed by atoms with Crippen LogP contribution < -0.4 is 27.7 Å². The number of aromatic nitrogens is 2. The van der Waals surface area contributed by atoms with Gasteiger partial charge in [0.15, 0.2) is 0 Å². The van der Waals surface area contributed by atoms with Crippen LogP contribution in [0.2, 0.25) is 0 Å². The number of hydrogen-bond acceptors (Lipinski definition) is 6. The Morgan fingerprint density at radius 1 is 1.29 bits per heavy atom. The second kappa shape index (κ2) is 6.89. The molecule has 4 rings (SSSR count). The number of nitrogens with zero attached hydrogens (tertiary/aromatic N) is 3. The summed E-state index contributed by atoms with van der Waals surface area (Å²) in [6.07, 6.45) is 0.685. The minimum atomic E-state index is -1.07. The Bertz CT molecular complexity index is 1030. The van der Waals surface area contributed by atoms with Gasteiger partial charge in [0.25, 0.3) is 5.56 Å². The van der Waals surface area contributed by atoms with Crippen molar-refractivity contribution in [3.8, 4) is 0 Å². The van der Waals surface area contributed by atoms with Gasteiger partial charge in [-0.3, -0.25) is 9.36 Å². The second-order valence-electron chi connectivity index (χ2n) is 7.87. The molecule has 0 unspecified atom stereocenters. The molecule has 1 saturated heterocycles. The highest BCUT2D eigenvalue weighted by atomic mass is 19.1. The first kappa shape index (κ1) is 18.9. The summed E-state index contributed by atoms with van der Waals surface area (Å²) in [6, 6.07) is 3.14. The molecule has 1 aromatic carbocycles. The number of benzene rings is 1. The van der Waals surface area contributed by atoms with Gasteiger partial charge in [-0.25, -0.2) is 9.18 Å². The number of methoxy groups -OCH3 is 1. The molecule has 9 heteroatoms. The van der Waals surface area contributed by atoms with E-state index >= 15 is 0 Å². The smallest absolute Gasteiger partial charge is 0.350 e. The molecule has 2 aromatic rings. The molecule has 2 aliphatic rings. The average Bonchev–Trinajstić information content (AvgIpc) is 3.42.